The number of hydrogen-bond acceptors (Lipinski definition) is 6. The van der Waals surface area contributed by atoms with Crippen LogP contribution in [0.25, 0.3) is 0 Å². The molecule has 0 saturated carbocycles. The molecule has 1 amide bonds. The van der Waals surface area contributed by atoms with E-state index in [4.69, 9.17) is 9.47 Å². The van der Waals surface area contributed by atoms with Crippen LogP contribution < -0.4 is 14.8 Å². The molecule has 0 radical (unpaired) electrons. The fraction of sp³-hybridized carbons (Fsp3) is 0.353. The van der Waals surface area contributed by atoms with E-state index in [9.17, 15) is 4.79 Å². The maximum atomic E-state index is 12.4. The van der Waals surface area contributed by atoms with E-state index < -0.39 is 0 Å². The van der Waals surface area contributed by atoms with Crippen molar-refractivity contribution in [3.05, 3.63) is 42.2 Å². The third-order valence-electron chi connectivity index (χ3n) is 3.46. The van der Waals surface area contributed by atoms with Gasteiger partial charge in [0.05, 0.1) is 25.5 Å². The van der Waals surface area contributed by atoms with Crippen LogP contribution in [0.2, 0.25) is 0 Å². The minimum Gasteiger partial charge on any atom is -0.497 e. The monoisotopic (exact) mass is 347 g/mol. The van der Waals surface area contributed by atoms with Gasteiger partial charge in [-0.2, -0.15) is 0 Å². The molecule has 1 aromatic carbocycles. The Balaban J connectivity index is 2.05. The summed E-state index contributed by atoms with van der Waals surface area (Å²) in [5.74, 6) is 1.33. The Morgan fingerprint density at radius 1 is 1.17 bits per heavy atom. The molecule has 1 aromatic heterocycles. The van der Waals surface area contributed by atoms with Crippen molar-refractivity contribution in [3.63, 3.8) is 0 Å². The van der Waals surface area contributed by atoms with Gasteiger partial charge in [-0.05, 0) is 38.1 Å². The Bertz CT molecular complexity index is 682. The lowest BCUT2D eigenvalue weighted by Crippen LogP contribution is -2.33. The molecule has 1 heterocycles. The summed E-state index contributed by atoms with van der Waals surface area (Å²) in [6, 6.07) is 7.03. The number of nitrogens with zero attached hydrogens (tertiary/aromatic N) is 2. The molecule has 0 aliphatic carbocycles. The van der Waals surface area contributed by atoms with Crippen molar-refractivity contribution >= 4 is 17.7 Å². The molecular weight excluding hydrogens is 326 g/mol. The molecule has 0 saturated heterocycles. The van der Waals surface area contributed by atoms with Crippen molar-refractivity contribution in [1.82, 2.24) is 15.3 Å². The maximum Gasteiger partial charge on any atom is 0.233 e. The van der Waals surface area contributed by atoms with Crippen LogP contribution in [0.3, 0.4) is 0 Å². The van der Waals surface area contributed by atoms with Crippen LogP contribution in [-0.2, 0) is 4.79 Å². The Morgan fingerprint density at radius 2 is 1.88 bits per heavy atom. The highest BCUT2D eigenvalue weighted by atomic mass is 32.2. The predicted octanol–water partition coefficient (Wildman–Crippen LogP) is 2.85. The molecule has 0 spiro atoms. The zero-order valence-corrected chi connectivity index (χ0v) is 15.0. The first kappa shape index (κ1) is 18.1. The van der Waals surface area contributed by atoms with Gasteiger partial charge in [0.25, 0.3) is 0 Å². The molecule has 0 aliphatic heterocycles. The molecule has 2 atom stereocenters. The summed E-state index contributed by atoms with van der Waals surface area (Å²) in [6.45, 7) is 3.73. The second-order valence-electron chi connectivity index (χ2n) is 5.13. The normalized spacial score (nSPS) is 13.0. The van der Waals surface area contributed by atoms with E-state index in [1.165, 1.54) is 11.8 Å². The molecule has 0 aliphatic rings. The van der Waals surface area contributed by atoms with Gasteiger partial charge in [0.2, 0.25) is 5.91 Å². The molecule has 0 fully saturated rings. The van der Waals surface area contributed by atoms with Crippen molar-refractivity contribution in [2.45, 2.75) is 30.3 Å². The average molecular weight is 347 g/mol. The summed E-state index contributed by atoms with van der Waals surface area (Å²) < 4.78 is 10.6. The maximum absolute atomic E-state index is 12.4. The number of ether oxygens (including phenoxy) is 2. The van der Waals surface area contributed by atoms with Crippen LogP contribution in [-0.4, -0.2) is 35.3 Å². The third kappa shape index (κ3) is 4.61. The second kappa shape index (κ2) is 8.54. The van der Waals surface area contributed by atoms with Crippen LogP contribution in [0.1, 0.15) is 25.5 Å². The van der Waals surface area contributed by atoms with E-state index in [-0.39, 0.29) is 17.2 Å². The summed E-state index contributed by atoms with van der Waals surface area (Å²) in [5.41, 5.74) is 0.860. The lowest BCUT2D eigenvalue weighted by molar-refractivity contribution is -0.120. The summed E-state index contributed by atoms with van der Waals surface area (Å²) in [7, 11) is 3.21. The highest BCUT2D eigenvalue weighted by molar-refractivity contribution is 8.00. The number of rotatable bonds is 7. The number of carbonyl (C=O) groups excluding carboxylic acids is 1. The fourth-order valence-corrected chi connectivity index (χ4v) is 2.88. The lowest BCUT2D eigenvalue weighted by Gasteiger charge is -2.20. The summed E-state index contributed by atoms with van der Waals surface area (Å²) >= 11 is 1.32. The number of aromatic nitrogens is 2. The standard InChI is InChI=1S/C17H21N3O3S/c1-11(14-10-13(22-3)6-7-15(14)23-4)20-16(21)12(2)24-17-18-8-5-9-19-17/h5-12H,1-4H3,(H,20,21). The van der Waals surface area contributed by atoms with E-state index in [1.54, 1.807) is 32.7 Å². The van der Waals surface area contributed by atoms with E-state index in [1.807, 2.05) is 32.0 Å². The van der Waals surface area contributed by atoms with Gasteiger partial charge in [-0.3, -0.25) is 4.79 Å². The number of methoxy groups -OCH3 is 2. The van der Waals surface area contributed by atoms with Crippen LogP contribution in [0, 0.1) is 0 Å². The summed E-state index contributed by atoms with van der Waals surface area (Å²) in [4.78, 5) is 20.7. The van der Waals surface area contributed by atoms with Crippen LogP contribution in [0.4, 0.5) is 0 Å². The van der Waals surface area contributed by atoms with Crippen molar-refractivity contribution in [2.75, 3.05) is 14.2 Å². The van der Waals surface area contributed by atoms with Crippen molar-refractivity contribution in [2.24, 2.45) is 0 Å². The highest BCUT2D eigenvalue weighted by Crippen LogP contribution is 2.29. The Kier molecular flexibility index (Phi) is 6.43. The second-order valence-corrected chi connectivity index (χ2v) is 6.44. The zero-order valence-electron chi connectivity index (χ0n) is 14.1. The van der Waals surface area contributed by atoms with Gasteiger partial charge < -0.3 is 14.8 Å². The minimum atomic E-state index is -0.313. The molecule has 2 aromatic rings. The minimum absolute atomic E-state index is 0.0928. The van der Waals surface area contributed by atoms with E-state index in [0.29, 0.717) is 16.7 Å². The molecule has 6 nitrogen and oxygen atoms in total. The zero-order chi connectivity index (χ0) is 17.5. The van der Waals surface area contributed by atoms with E-state index in [0.717, 1.165) is 5.56 Å². The Hall–Kier alpha value is -2.28. The molecule has 128 valence electrons. The van der Waals surface area contributed by atoms with E-state index >= 15 is 0 Å². The van der Waals surface area contributed by atoms with E-state index in [2.05, 4.69) is 15.3 Å². The van der Waals surface area contributed by atoms with Gasteiger partial charge in [-0.1, -0.05) is 11.8 Å². The topological polar surface area (TPSA) is 73.3 Å². The first-order valence-electron chi connectivity index (χ1n) is 7.51. The van der Waals surface area contributed by atoms with Crippen molar-refractivity contribution in [1.29, 1.82) is 0 Å². The highest BCUT2D eigenvalue weighted by Gasteiger charge is 2.20. The smallest absolute Gasteiger partial charge is 0.233 e. The van der Waals surface area contributed by atoms with Crippen LogP contribution in [0.5, 0.6) is 11.5 Å². The van der Waals surface area contributed by atoms with Gasteiger partial charge in [-0.15, -0.1) is 0 Å². The van der Waals surface area contributed by atoms with Gasteiger partial charge in [0.15, 0.2) is 5.16 Å². The summed E-state index contributed by atoms with van der Waals surface area (Å²) in [6.07, 6.45) is 3.31. The molecule has 7 heteroatoms. The average Bonchev–Trinajstić information content (AvgIpc) is 2.61. The number of benzene rings is 1. The molecule has 0 bridgehead atoms. The van der Waals surface area contributed by atoms with Crippen LogP contribution in [0.15, 0.2) is 41.8 Å². The SMILES string of the molecule is COc1ccc(OC)c(C(C)NC(=O)C(C)Sc2ncccn2)c1. The first-order chi connectivity index (χ1) is 11.5. The molecule has 1 N–H and O–H groups in total. The third-order valence-corrected chi connectivity index (χ3v) is 4.44. The summed E-state index contributed by atoms with van der Waals surface area (Å²) in [5, 5.41) is 3.25. The number of hydrogen-bond donors (Lipinski definition) is 1. The largest absolute Gasteiger partial charge is 0.497 e. The van der Waals surface area contributed by atoms with Gasteiger partial charge in [0, 0.05) is 18.0 Å². The number of carbonyl (C=O) groups is 1. The van der Waals surface area contributed by atoms with Crippen LogP contribution >= 0.6 is 11.8 Å². The fourth-order valence-electron chi connectivity index (χ4n) is 2.14. The molecule has 2 unspecified atom stereocenters. The quantitative estimate of drug-likeness (QED) is 0.613. The van der Waals surface area contributed by atoms with Gasteiger partial charge in [-0.25, -0.2) is 9.97 Å². The van der Waals surface area contributed by atoms with Crippen molar-refractivity contribution < 1.29 is 14.3 Å². The first-order valence-corrected chi connectivity index (χ1v) is 8.39. The number of amides is 1. The molecular formula is C17H21N3O3S. The number of nitrogens with one attached hydrogen (secondary N) is 1. The Labute approximate surface area is 146 Å². The van der Waals surface area contributed by atoms with Gasteiger partial charge in [0.1, 0.15) is 11.5 Å². The lowest BCUT2D eigenvalue weighted by atomic mass is 10.1. The number of thioether (sulfide) groups is 1. The van der Waals surface area contributed by atoms with Crippen molar-refractivity contribution in [3.8, 4) is 11.5 Å². The Morgan fingerprint density at radius 3 is 2.50 bits per heavy atom. The molecule has 2 rings (SSSR count). The predicted molar refractivity (Wildman–Crippen MR) is 93.5 cm³/mol. The molecule has 24 heavy (non-hydrogen) atoms. The van der Waals surface area contributed by atoms with Gasteiger partial charge >= 0.3 is 0 Å².